The lowest BCUT2D eigenvalue weighted by Crippen LogP contribution is -2.37. The fourth-order valence-electron chi connectivity index (χ4n) is 2.83. The first-order valence-corrected chi connectivity index (χ1v) is 8.43. The minimum atomic E-state index is -0.347. The number of rotatable bonds is 5. The van der Waals surface area contributed by atoms with Crippen LogP contribution in [0.15, 0.2) is 82.2 Å². The Hall–Kier alpha value is -3.74. The molecule has 4 aromatic rings. The Balaban J connectivity index is 1.66. The summed E-state index contributed by atoms with van der Waals surface area (Å²) in [6.07, 6.45) is 1.56. The van der Waals surface area contributed by atoms with E-state index in [-0.39, 0.29) is 24.6 Å². The average molecular weight is 360 g/mol. The third kappa shape index (κ3) is 3.48. The van der Waals surface area contributed by atoms with Gasteiger partial charge in [0.05, 0.1) is 18.2 Å². The maximum Gasteiger partial charge on any atom is 0.278 e. The van der Waals surface area contributed by atoms with E-state index in [2.05, 4.69) is 10.3 Å². The highest BCUT2D eigenvalue weighted by Crippen LogP contribution is 2.18. The minimum absolute atomic E-state index is 0.216. The number of carbonyl (C=O) groups excluding carboxylic acids is 1. The molecule has 0 saturated heterocycles. The molecule has 7 nitrogen and oxygen atoms in total. The number of hydrogen-bond acceptors (Lipinski definition) is 5. The number of amides is 1. The summed E-state index contributed by atoms with van der Waals surface area (Å²) < 4.78 is 6.46. The molecular formula is C20H16N4O3. The van der Waals surface area contributed by atoms with Gasteiger partial charge in [-0.2, -0.15) is 0 Å². The summed E-state index contributed by atoms with van der Waals surface area (Å²) in [6.45, 7) is 0.0396. The molecule has 0 unspecified atom stereocenters. The predicted molar refractivity (Wildman–Crippen MR) is 100 cm³/mol. The molecule has 0 aliphatic carbocycles. The zero-order chi connectivity index (χ0) is 18.6. The predicted octanol–water partition coefficient (Wildman–Crippen LogP) is 2.62. The van der Waals surface area contributed by atoms with Gasteiger partial charge in [0, 0.05) is 5.69 Å². The summed E-state index contributed by atoms with van der Waals surface area (Å²) in [5.41, 5.74) is 0.863. The Morgan fingerprint density at radius 1 is 1.00 bits per heavy atom. The topological polar surface area (TPSA) is 81.2 Å². The van der Waals surface area contributed by atoms with Crippen LogP contribution in [0.1, 0.15) is 5.76 Å². The third-order valence-corrected chi connectivity index (χ3v) is 4.18. The van der Waals surface area contributed by atoms with E-state index in [4.69, 9.17) is 4.42 Å². The van der Waals surface area contributed by atoms with E-state index in [1.807, 2.05) is 30.3 Å². The molecule has 0 N–H and O–H groups in total. The maximum atomic E-state index is 13.0. The van der Waals surface area contributed by atoms with Crippen molar-refractivity contribution in [3.63, 3.8) is 0 Å². The lowest BCUT2D eigenvalue weighted by atomic mass is 10.2. The molecule has 2 aromatic heterocycles. The van der Waals surface area contributed by atoms with Crippen molar-refractivity contribution in [2.45, 2.75) is 13.1 Å². The normalized spacial score (nSPS) is 10.8. The number of furan rings is 1. The molecule has 134 valence electrons. The first kappa shape index (κ1) is 16.7. The number of fused-ring (bicyclic) bond motifs is 1. The van der Waals surface area contributed by atoms with Crippen LogP contribution in [0.4, 0.5) is 5.69 Å². The van der Waals surface area contributed by atoms with E-state index < -0.39 is 0 Å². The molecule has 4 rings (SSSR count). The van der Waals surface area contributed by atoms with E-state index in [9.17, 15) is 9.59 Å². The molecule has 7 heteroatoms. The lowest BCUT2D eigenvalue weighted by molar-refractivity contribution is -0.119. The summed E-state index contributed by atoms with van der Waals surface area (Å²) >= 11 is 0. The molecule has 0 aliphatic rings. The quantitative estimate of drug-likeness (QED) is 0.546. The lowest BCUT2D eigenvalue weighted by Gasteiger charge is -2.22. The number of nitrogens with zero attached hydrogens (tertiary/aromatic N) is 4. The molecule has 1 amide bonds. The van der Waals surface area contributed by atoms with Crippen molar-refractivity contribution >= 4 is 22.5 Å². The number of carbonyl (C=O) groups is 1. The molecule has 0 aliphatic heterocycles. The molecule has 0 bridgehead atoms. The number of para-hydroxylation sites is 1. The zero-order valence-electron chi connectivity index (χ0n) is 14.4. The van der Waals surface area contributed by atoms with Crippen LogP contribution in [0.2, 0.25) is 0 Å². The SMILES string of the molecule is O=C(Cn1nnc2ccccc2c1=O)N(Cc1ccco1)c1ccccc1. The van der Waals surface area contributed by atoms with Gasteiger partial charge in [0.15, 0.2) is 0 Å². The minimum Gasteiger partial charge on any atom is -0.467 e. The van der Waals surface area contributed by atoms with Gasteiger partial charge in [0.2, 0.25) is 5.91 Å². The van der Waals surface area contributed by atoms with Crippen LogP contribution in [0.5, 0.6) is 0 Å². The molecule has 0 radical (unpaired) electrons. The van der Waals surface area contributed by atoms with Gasteiger partial charge >= 0.3 is 0 Å². The van der Waals surface area contributed by atoms with Crippen molar-refractivity contribution < 1.29 is 9.21 Å². The van der Waals surface area contributed by atoms with E-state index >= 15 is 0 Å². The summed E-state index contributed by atoms with van der Waals surface area (Å²) in [6, 6.07) is 19.7. The van der Waals surface area contributed by atoms with Crippen molar-refractivity contribution in [3.05, 3.63) is 89.1 Å². The second-order valence-corrected chi connectivity index (χ2v) is 5.96. The van der Waals surface area contributed by atoms with Crippen molar-refractivity contribution in [3.8, 4) is 0 Å². The van der Waals surface area contributed by atoms with Crippen LogP contribution in [0.25, 0.3) is 10.9 Å². The summed E-state index contributed by atoms with van der Waals surface area (Å²) in [5.74, 6) is 0.355. The van der Waals surface area contributed by atoms with Crippen molar-refractivity contribution in [2.75, 3.05) is 4.90 Å². The Bertz CT molecular complexity index is 1120. The van der Waals surface area contributed by atoms with Gasteiger partial charge < -0.3 is 9.32 Å². The highest BCUT2D eigenvalue weighted by atomic mass is 16.3. The van der Waals surface area contributed by atoms with Gasteiger partial charge in [-0.15, -0.1) is 5.10 Å². The second kappa shape index (κ2) is 7.25. The number of benzene rings is 2. The van der Waals surface area contributed by atoms with Gasteiger partial charge in [-0.25, -0.2) is 4.68 Å². The van der Waals surface area contributed by atoms with E-state index in [0.29, 0.717) is 22.4 Å². The standard InChI is InChI=1S/C20H16N4O3/c25-19(14-24-20(26)17-10-4-5-11-18(17)21-22-24)23(13-16-9-6-12-27-16)15-7-2-1-3-8-15/h1-12H,13-14H2. The molecule has 0 saturated carbocycles. The molecule has 2 aromatic carbocycles. The monoisotopic (exact) mass is 360 g/mol. The van der Waals surface area contributed by atoms with Gasteiger partial charge in [-0.1, -0.05) is 35.5 Å². The Morgan fingerprint density at radius 2 is 1.78 bits per heavy atom. The van der Waals surface area contributed by atoms with Gasteiger partial charge in [0.25, 0.3) is 5.56 Å². The zero-order valence-corrected chi connectivity index (χ0v) is 14.4. The van der Waals surface area contributed by atoms with Gasteiger partial charge in [0.1, 0.15) is 17.8 Å². The highest BCUT2D eigenvalue weighted by molar-refractivity contribution is 5.93. The Kier molecular flexibility index (Phi) is 4.49. The van der Waals surface area contributed by atoms with Crippen LogP contribution < -0.4 is 10.5 Å². The van der Waals surface area contributed by atoms with Gasteiger partial charge in [-0.3, -0.25) is 9.59 Å². The summed E-state index contributed by atoms with van der Waals surface area (Å²) in [7, 11) is 0. The maximum absolute atomic E-state index is 13.0. The Morgan fingerprint density at radius 3 is 2.56 bits per heavy atom. The fraction of sp³-hybridized carbons (Fsp3) is 0.100. The van der Waals surface area contributed by atoms with E-state index in [0.717, 1.165) is 4.68 Å². The van der Waals surface area contributed by atoms with E-state index in [1.165, 1.54) is 0 Å². The van der Waals surface area contributed by atoms with Crippen LogP contribution in [-0.2, 0) is 17.9 Å². The molecule has 0 fully saturated rings. The molecule has 2 heterocycles. The van der Waals surface area contributed by atoms with Crippen LogP contribution in [0.3, 0.4) is 0 Å². The number of hydrogen-bond donors (Lipinski definition) is 0. The van der Waals surface area contributed by atoms with Crippen LogP contribution in [-0.4, -0.2) is 20.9 Å². The first-order valence-electron chi connectivity index (χ1n) is 8.43. The molecular weight excluding hydrogens is 344 g/mol. The second-order valence-electron chi connectivity index (χ2n) is 5.96. The van der Waals surface area contributed by atoms with Crippen molar-refractivity contribution in [1.29, 1.82) is 0 Å². The fourth-order valence-corrected chi connectivity index (χ4v) is 2.83. The highest BCUT2D eigenvalue weighted by Gasteiger charge is 2.19. The van der Waals surface area contributed by atoms with Crippen LogP contribution >= 0.6 is 0 Å². The van der Waals surface area contributed by atoms with Crippen molar-refractivity contribution in [1.82, 2.24) is 15.0 Å². The summed E-state index contributed by atoms with van der Waals surface area (Å²) in [5, 5.41) is 8.36. The molecule has 27 heavy (non-hydrogen) atoms. The van der Waals surface area contributed by atoms with Crippen LogP contribution in [0, 0.1) is 0 Å². The largest absolute Gasteiger partial charge is 0.467 e. The smallest absolute Gasteiger partial charge is 0.278 e. The molecule has 0 atom stereocenters. The number of aromatic nitrogens is 3. The van der Waals surface area contributed by atoms with Crippen molar-refractivity contribution in [2.24, 2.45) is 0 Å². The van der Waals surface area contributed by atoms with E-state index in [1.54, 1.807) is 47.6 Å². The number of anilines is 1. The first-order chi connectivity index (χ1) is 13.2. The van der Waals surface area contributed by atoms with Gasteiger partial charge in [-0.05, 0) is 36.4 Å². The Labute approximate surface area is 154 Å². The third-order valence-electron chi connectivity index (χ3n) is 4.18. The summed E-state index contributed by atoms with van der Waals surface area (Å²) in [4.78, 5) is 27.2. The molecule has 0 spiro atoms. The average Bonchev–Trinajstić information content (AvgIpc) is 3.22.